The molecule has 19 heavy (non-hydrogen) atoms. The van der Waals surface area contributed by atoms with Gasteiger partial charge in [-0.1, -0.05) is 35.7 Å². The van der Waals surface area contributed by atoms with E-state index in [4.69, 9.17) is 28.3 Å². The summed E-state index contributed by atoms with van der Waals surface area (Å²) in [5, 5.41) is 10.2. The number of benzene rings is 1. The van der Waals surface area contributed by atoms with Crippen LogP contribution in [0.5, 0.6) is 0 Å². The third-order valence-electron chi connectivity index (χ3n) is 3.53. The Balaban J connectivity index is 2.33. The first-order chi connectivity index (χ1) is 9.09. The lowest BCUT2D eigenvalue weighted by Gasteiger charge is -2.34. The fraction of sp³-hybridized carbons (Fsp3) is 0.500. The molecule has 3 nitrogen and oxygen atoms in total. The maximum absolute atomic E-state index is 11.1. The van der Waals surface area contributed by atoms with E-state index in [9.17, 15) is 4.79 Å². The van der Waals surface area contributed by atoms with Gasteiger partial charge >= 0.3 is 5.97 Å². The van der Waals surface area contributed by atoms with Crippen molar-refractivity contribution in [2.45, 2.75) is 31.7 Å². The lowest BCUT2D eigenvalue weighted by Crippen LogP contribution is -2.35. The van der Waals surface area contributed by atoms with Crippen LogP contribution in [-0.4, -0.2) is 29.1 Å². The standard InChI is InChI=1S/C14H17Cl2NO2/c15-10-5-4-6-11(16)14(10)12(9-13(18)19)17-7-2-1-3-8-17/h4-6,12H,1-3,7-9H2,(H,18,19). The van der Waals surface area contributed by atoms with Crippen molar-refractivity contribution in [1.29, 1.82) is 0 Å². The maximum atomic E-state index is 11.1. The summed E-state index contributed by atoms with van der Waals surface area (Å²) in [5.41, 5.74) is 0.745. The second-order valence-electron chi connectivity index (χ2n) is 4.85. The molecular formula is C14H17Cl2NO2. The molecule has 1 aromatic rings. The van der Waals surface area contributed by atoms with E-state index in [2.05, 4.69) is 4.90 Å². The minimum absolute atomic E-state index is 0.0312. The number of rotatable bonds is 4. The average molecular weight is 302 g/mol. The molecule has 1 aliphatic rings. The van der Waals surface area contributed by atoms with E-state index in [0.717, 1.165) is 31.5 Å². The molecule has 1 aromatic carbocycles. The highest BCUT2D eigenvalue weighted by Crippen LogP contribution is 2.36. The topological polar surface area (TPSA) is 40.5 Å². The average Bonchev–Trinajstić information content (AvgIpc) is 2.38. The van der Waals surface area contributed by atoms with E-state index in [-0.39, 0.29) is 12.5 Å². The number of nitrogens with zero attached hydrogens (tertiary/aromatic N) is 1. The second kappa shape index (κ2) is 6.60. The summed E-state index contributed by atoms with van der Waals surface area (Å²) in [7, 11) is 0. The van der Waals surface area contributed by atoms with E-state index in [1.54, 1.807) is 18.2 Å². The molecule has 1 aliphatic heterocycles. The lowest BCUT2D eigenvalue weighted by atomic mass is 9.99. The quantitative estimate of drug-likeness (QED) is 0.914. The molecule has 1 heterocycles. The Morgan fingerprint density at radius 3 is 2.32 bits per heavy atom. The third-order valence-corrected chi connectivity index (χ3v) is 4.19. The van der Waals surface area contributed by atoms with Gasteiger partial charge < -0.3 is 5.11 Å². The summed E-state index contributed by atoms with van der Waals surface area (Å²) >= 11 is 12.4. The van der Waals surface area contributed by atoms with Gasteiger partial charge in [0.15, 0.2) is 0 Å². The van der Waals surface area contributed by atoms with Gasteiger partial charge in [0.05, 0.1) is 6.42 Å². The summed E-state index contributed by atoms with van der Waals surface area (Å²) < 4.78 is 0. The summed E-state index contributed by atoms with van der Waals surface area (Å²) in [6, 6.07) is 5.07. The molecule has 1 unspecified atom stereocenters. The van der Waals surface area contributed by atoms with Gasteiger partial charge in [0.1, 0.15) is 0 Å². The maximum Gasteiger partial charge on any atom is 0.305 e. The van der Waals surface area contributed by atoms with Crippen molar-refractivity contribution in [3.05, 3.63) is 33.8 Å². The van der Waals surface area contributed by atoms with Crippen LogP contribution in [0.25, 0.3) is 0 Å². The third kappa shape index (κ3) is 3.62. The molecule has 104 valence electrons. The second-order valence-corrected chi connectivity index (χ2v) is 5.66. The number of hydrogen-bond acceptors (Lipinski definition) is 2. The molecule has 0 radical (unpaired) electrons. The van der Waals surface area contributed by atoms with Crippen molar-refractivity contribution in [2.75, 3.05) is 13.1 Å². The van der Waals surface area contributed by atoms with Gasteiger partial charge in [0.25, 0.3) is 0 Å². The number of hydrogen-bond donors (Lipinski definition) is 1. The minimum atomic E-state index is -0.827. The van der Waals surface area contributed by atoms with Gasteiger partial charge in [0.2, 0.25) is 0 Å². The van der Waals surface area contributed by atoms with Gasteiger partial charge in [0, 0.05) is 21.7 Å². The van der Waals surface area contributed by atoms with Crippen LogP contribution >= 0.6 is 23.2 Å². The SMILES string of the molecule is O=C(O)CC(c1c(Cl)cccc1Cl)N1CCCCC1. The van der Waals surface area contributed by atoms with E-state index < -0.39 is 5.97 Å². The molecule has 0 aliphatic carbocycles. The Morgan fingerprint density at radius 2 is 1.79 bits per heavy atom. The Morgan fingerprint density at radius 1 is 1.21 bits per heavy atom. The Labute approximate surface area is 123 Å². The Bertz CT molecular complexity index is 439. The van der Waals surface area contributed by atoms with Gasteiger partial charge in [-0.25, -0.2) is 0 Å². The van der Waals surface area contributed by atoms with Crippen LogP contribution < -0.4 is 0 Å². The monoisotopic (exact) mass is 301 g/mol. The van der Waals surface area contributed by atoms with Gasteiger partial charge in [-0.05, 0) is 38.1 Å². The van der Waals surface area contributed by atoms with Crippen molar-refractivity contribution in [1.82, 2.24) is 4.90 Å². The lowest BCUT2D eigenvalue weighted by molar-refractivity contribution is -0.138. The molecule has 1 atom stereocenters. The van der Waals surface area contributed by atoms with Crippen molar-refractivity contribution in [3.63, 3.8) is 0 Å². The number of carboxylic acids is 1. The normalized spacial score (nSPS) is 18.2. The summed E-state index contributed by atoms with van der Waals surface area (Å²) in [6.45, 7) is 1.80. The highest BCUT2D eigenvalue weighted by Gasteiger charge is 2.27. The number of likely N-dealkylation sites (tertiary alicyclic amines) is 1. The van der Waals surface area contributed by atoms with Crippen LogP contribution in [0.2, 0.25) is 10.0 Å². The van der Waals surface area contributed by atoms with Crippen molar-refractivity contribution in [2.24, 2.45) is 0 Å². The smallest absolute Gasteiger partial charge is 0.305 e. The van der Waals surface area contributed by atoms with E-state index in [1.165, 1.54) is 6.42 Å². The first kappa shape index (κ1) is 14.6. The predicted molar refractivity (Wildman–Crippen MR) is 76.9 cm³/mol. The summed E-state index contributed by atoms with van der Waals surface area (Å²) in [6.07, 6.45) is 3.42. The van der Waals surface area contributed by atoms with Crippen LogP contribution in [0, 0.1) is 0 Å². The number of aliphatic carboxylic acids is 1. The fourth-order valence-electron chi connectivity index (χ4n) is 2.64. The van der Waals surface area contributed by atoms with Gasteiger partial charge in [-0.3, -0.25) is 9.69 Å². The van der Waals surface area contributed by atoms with Crippen LogP contribution in [0.1, 0.15) is 37.3 Å². The largest absolute Gasteiger partial charge is 0.481 e. The summed E-state index contributed by atoms with van der Waals surface area (Å²) in [5.74, 6) is -0.827. The van der Waals surface area contributed by atoms with Crippen LogP contribution in [-0.2, 0) is 4.79 Å². The zero-order valence-corrected chi connectivity index (χ0v) is 12.1. The molecule has 0 saturated carbocycles. The van der Waals surface area contributed by atoms with Gasteiger partial charge in [-0.15, -0.1) is 0 Å². The molecule has 0 amide bonds. The first-order valence-corrected chi connectivity index (χ1v) is 7.25. The van der Waals surface area contributed by atoms with Crippen LogP contribution in [0.4, 0.5) is 0 Å². The Kier molecular flexibility index (Phi) is 5.08. The molecule has 2 rings (SSSR count). The van der Waals surface area contributed by atoms with E-state index >= 15 is 0 Å². The number of piperidine rings is 1. The first-order valence-electron chi connectivity index (χ1n) is 6.49. The number of carboxylic acid groups (broad SMARTS) is 1. The highest BCUT2D eigenvalue weighted by molar-refractivity contribution is 6.36. The van der Waals surface area contributed by atoms with Crippen molar-refractivity contribution in [3.8, 4) is 0 Å². The molecule has 1 saturated heterocycles. The highest BCUT2D eigenvalue weighted by atomic mass is 35.5. The fourth-order valence-corrected chi connectivity index (χ4v) is 3.29. The molecule has 0 spiro atoms. The van der Waals surface area contributed by atoms with Gasteiger partial charge in [-0.2, -0.15) is 0 Å². The molecular weight excluding hydrogens is 285 g/mol. The number of carbonyl (C=O) groups is 1. The van der Waals surface area contributed by atoms with Crippen molar-refractivity contribution < 1.29 is 9.90 Å². The van der Waals surface area contributed by atoms with Crippen molar-refractivity contribution >= 4 is 29.2 Å². The van der Waals surface area contributed by atoms with E-state index in [1.807, 2.05) is 0 Å². The Hall–Kier alpha value is -0.770. The number of halogens is 2. The van der Waals surface area contributed by atoms with E-state index in [0.29, 0.717) is 10.0 Å². The molecule has 1 N–H and O–H groups in total. The summed E-state index contributed by atoms with van der Waals surface area (Å²) in [4.78, 5) is 13.3. The predicted octanol–water partition coefficient (Wildman–Crippen LogP) is 4.00. The van der Waals surface area contributed by atoms with Crippen LogP contribution in [0.15, 0.2) is 18.2 Å². The van der Waals surface area contributed by atoms with Crippen LogP contribution in [0.3, 0.4) is 0 Å². The minimum Gasteiger partial charge on any atom is -0.481 e. The zero-order chi connectivity index (χ0) is 13.8. The molecule has 1 fully saturated rings. The molecule has 0 bridgehead atoms. The molecule has 0 aromatic heterocycles. The molecule has 5 heteroatoms. The zero-order valence-electron chi connectivity index (χ0n) is 10.6.